The highest BCUT2D eigenvalue weighted by molar-refractivity contribution is 7.09. The molecule has 1 aliphatic heterocycles. The van der Waals surface area contributed by atoms with E-state index in [1.807, 2.05) is 53.7 Å². The van der Waals surface area contributed by atoms with Crippen molar-refractivity contribution in [2.24, 2.45) is 0 Å². The molecule has 1 aliphatic rings. The van der Waals surface area contributed by atoms with E-state index in [9.17, 15) is 9.59 Å². The number of nitrogens with zero attached hydrogens (tertiary/aromatic N) is 2. The second-order valence-electron chi connectivity index (χ2n) is 7.06. The summed E-state index contributed by atoms with van der Waals surface area (Å²) in [6.45, 7) is 3.45. The van der Waals surface area contributed by atoms with Crippen LogP contribution in [0.1, 0.15) is 4.88 Å². The highest BCUT2D eigenvalue weighted by Gasteiger charge is 2.24. The molecule has 3 rings (SSSR count). The van der Waals surface area contributed by atoms with Crippen molar-refractivity contribution in [1.29, 1.82) is 0 Å². The lowest BCUT2D eigenvalue weighted by Gasteiger charge is -2.28. The molecule has 0 radical (unpaired) electrons. The summed E-state index contributed by atoms with van der Waals surface area (Å²) in [4.78, 5) is 31.2. The minimum atomic E-state index is -0.0177. The fourth-order valence-corrected chi connectivity index (χ4v) is 3.94. The number of methoxy groups -OCH3 is 1. The molecule has 2 amide bonds. The molecule has 1 aromatic heterocycles. The summed E-state index contributed by atoms with van der Waals surface area (Å²) in [5.74, 6) is 0.792. The number of ether oxygens (including phenoxy) is 2. The van der Waals surface area contributed by atoms with Crippen molar-refractivity contribution in [3.05, 3.63) is 46.7 Å². The van der Waals surface area contributed by atoms with E-state index in [0.29, 0.717) is 39.4 Å². The topological polar surface area (TPSA) is 63.5 Å². The summed E-state index contributed by atoms with van der Waals surface area (Å²) in [7, 11) is 3.50. The zero-order chi connectivity index (χ0) is 20.6. The number of quaternary nitrogens is 1. The third-order valence-corrected chi connectivity index (χ3v) is 5.71. The Bertz CT molecular complexity index is 789. The summed E-state index contributed by atoms with van der Waals surface area (Å²) >= 11 is 1.62. The van der Waals surface area contributed by atoms with Gasteiger partial charge in [-0.15, -0.1) is 11.3 Å². The van der Waals surface area contributed by atoms with E-state index in [-0.39, 0.29) is 18.4 Å². The van der Waals surface area contributed by atoms with Crippen LogP contribution in [-0.2, 0) is 20.9 Å². The lowest BCUT2D eigenvalue weighted by molar-refractivity contribution is -0.862. The number of carbonyl (C=O) groups excluding carboxylic acids is 2. The van der Waals surface area contributed by atoms with E-state index < -0.39 is 0 Å². The number of hydrogen-bond donors (Lipinski definition) is 1. The molecule has 8 heteroatoms. The first-order valence-corrected chi connectivity index (χ1v) is 10.6. The van der Waals surface area contributed by atoms with Crippen molar-refractivity contribution < 1.29 is 24.0 Å². The largest absolute Gasteiger partial charge is 0.497 e. The Balaban J connectivity index is 1.65. The molecule has 2 heterocycles. The average molecular weight is 419 g/mol. The zero-order valence-electron chi connectivity index (χ0n) is 16.9. The Labute approximate surface area is 175 Å². The van der Waals surface area contributed by atoms with Crippen molar-refractivity contribution in [1.82, 2.24) is 4.90 Å². The Morgan fingerprint density at radius 1 is 1.17 bits per heavy atom. The smallest absolute Gasteiger partial charge is 0.282 e. The van der Waals surface area contributed by atoms with Gasteiger partial charge in [0.05, 0.1) is 33.9 Å². The van der Waals surface area contributed by atoms with Crippen LogP contribution in [0.4, 0.5) is 5.69 Å². The van der Waals surface area contributed by atoms with E-state index in [2.05, 4.69) is 0 Å². The standard InChI is InChI=1S/C21H27N3O4S/c1-22(15-20(25)23-9-11-28-12-10-23)16-21(26)24(14-19-4-3-13-29-19)17-5-7-18(27-2)8-6-17/h3-8,13H,9-12,14-16H2,1-2H3/p+1. The van der Waals surface area contributed by atoms with Crippen molar-refractivity contribution in [3.63, 3.8) is 0 Å². The molecule has 0 bridgehead atoms. The van der Waals surface area contributed by atoms with Gasteiger partial charge in [-0.1, -0.05) is 6.07 Å². The Kier molecular flexibility index (Phi) is 7.62. The number of thiophene rings is 1. The van der Waals surface area contributed by atoms with Crippen molar-refractivity contribution in [2.45, 2.75) is 6.54 Å². The molecule has 7 nitrogen and oxygen atoms in total. The van der Waals surface area contributed by atoms with Gasteiger partial charge in [-0.3, -0.25) is 9.59 Å². The number of likely N-dealkylation sites (N-methyl/N-ethyl adjacent to an activating group) is 1. The lowest BCUT2D eigenvalue weighted by atomic mass is 10.2. The van der Waals surface area contributed by atoms with E-state index in [1.54, 1.807) is 23.3 Å². The minimum absolute atomic E-state index is 0.0177. The van der Waals surface area contributed by atoms with E-state index in [1.165, 1.54) is 0 Å². The first-order chi connectivity index (χ1) is 14.1. The molecule has 1 fully saturated rings. The number of hydrogen-bond acceptors (Lipinski definition) is 5. The maximum Gasteiger partial charge on any atom is 0.282 e. The van der Waals surface area contributed by atoms with Crippen molar-refractivity contribution in [3.8, 4) is 5.75 Å². The van der Waals surface area contributed by atoms with Gasteiger partial charge in [0, 0.05) is 23.7 Å². The van der Waals surface area contributed by atoms with Crippen LogP contribution >= 0.6 is 11.3 Å². The predicted octanol–water partition coefficient (Wildman–Crippen LogP) is 0.663. The molecule has 1 N–H and O–H groups in total. The molecule has 2 aromatic rings. The second-order valence-corrected chi connectivity index (χ2v) is 8.09. The van der Waals surface area contributed by atoms with Gasteiger partial charge in [-0.25, -0.2) is 0 Å². The molecule has 1 unspecified atom stereocenters. The van der Waals surface area contributed by atoms with Crippen molar-refractivity contribution in [2.75, 3.05) is 58.5 Å². The third-order valence-electron chi connectivity index (χ3n) is 4.85. The Morgan fingerprint density at radius 3 is 2.52 bits per heavy atom. The number of benzene rings is 1. The third kappa shape index (κ3) is 6.03. The maximum atomic E-state index is 13.1. The number of amides is 2. The van der Waals surface area contributed by atoms with Crippen LogP contribution in [0.5, 0.6) is 5.75 Å². The molecular weight excluding hydrogens is 390 g/mol. The van der Waals surface area contributed by atoms with Crippen LogP contribution in [0.25, 0.3) is 0 Å². The molecule has 156 valence electrons. The molecule has 0 saturated carbocycles. The Morgan fingerprint density at radius 2 is 1.90 bits per heavy atom. The van der Waals surface area contributed by atoms with Crippen LogP contribution in [-0.4, -0.2) is 70.3 Å². The number of nitrogens with one attached hydrogen (secondary N) is 1. The fraction of sp³-hybridized carbons (Fsp3) is 0.429. The minimum Gasteiger partial charge on any atom is -0.497 e. The summed E-state index contributed by atoms with van der Waals surface area (Å²) in [6, 6.07) is 11.5. The van der Waals surface area contributed by atoms with Gasteiger partial charge < -0.3 is 24.2 Å². The average Bonchev–Trinajstić information content (AvgIpc) is 3.26. The van der Waals surface area contributed by atoms with Crippen molar-refractivity contribution >= 4 is 28.8 Å². The number of rotatable bonds is 8. The molecule has 1 aromatic carbocycles. The number of carbonyl (C=O) groups is 2. The first kappa shape index (κ1) is 21.3. The number of morpholine rings is 1. The van der Waals surface area contributed by atoms with Crippen LogP contribution < -0.4 is 14.5 Å². The van der Waals surface area contributed by atoms with E-state index in [0.717, 1.165) is 21.2 Å². The maximum absolute atomic E-state index is 13.1. The molecule has 1 atom stereocenters. The highest BCUT2D eigenvalue weighted by Crippen LogP contribution is 2.22. The highest BCUT2D eigenvalue weighted by atomic mass is 32.1. The Hall–Kier alpha value is -2.42. The zero-order valence-corrected chi connectivity index (χ0v) is 17.7. The van der Waals surface area contributed by atoms with Gasteiger partial charge >= 0.3 is 0 Å². The van der Waals surface area contributed by atoms with Crippen LogP contribution in [0.3, 0.4) is 0 Å². The van der Waals surface area contributed by atoms with Crippen LogP contribution in [0.2, 0.25) is 0 Å². The van der Waals surface area contributed by atoms with E-state index >= 15 is 0 Å². The summed E-state index contributed by atoms with van der Waals surface area (Å²) < 4.78 is 10.5. The lowest BCUT2D eigenvalue weighted by Crippen LogP contribution is -3.11. The second kappa shape index (κ2) is 10.4. The van der Waals surface area contributed by atoms with Gasteiger partial charge in [-0.05, 0) is 35.7 Å². The van der Waals surface area contributed by atoms with Gasteiger partial charge in [0.2, 0.25) is 0 Å². The summed E-state index contributed by atoms with van der Waals surface area (Å²) in [6.07, 6.45) is 0. The SMILES string of the molecule is COc1ccc(N(Cc2cccs2)C(=O)C[NH+](C)CC(=O)N2CCOCC2)cc1. The van der Waals surface area contributed by atoms with Gasteiger partial charge in [0.1, 0.15) is 5.75 Å². The quantitative estimate of drug-likeness (QED) is 0.684. The molecule has 0 aliphatic carbocycles. The van der Waals surface area contributed by atoms with Gasteiger partial charge in [0.25, 0.3) is 11.8 Å². The summed E-state index contributed by atoms with van der Waals surface area (Å²) in [5, 5.41) is 2.00. The van der Waals surface area contributed by atoms with Gasteiger partial charge in [-0.2, -0.15) is 0 Å². The number of anilines is 1. The normalized spacial score (nSPS) is 15.0. The van der Waals surface area contributed by atoms with E-state index in [4.69, 9.17) is 9.47 Å². The van der Waals surface area contributed by atoms with Gasteiger partial charge in [0.15, 0.2) is 13.1 Å². The fourth-order valence-electron chi connectivity index (χ4n) is 3.24. The molecule has 0 spiro atoms. The molecule has 1 saturated heterocycles. The predicted molar refractivity (Wildman–Crippen MR) is 113 cm³/mol. The van der Waals surface area contributed by atoms with Crippen LogP contribution in [0.15, 0.2) is 41.8 Å². The molecular formula is C21H28N3O4S+. The summed E-state index contributed by atoms with van der Waals surface area (Å²) in [5.41, 5.74) is 0.816. The monoisotopic (exact) mass is 418 g/mol. The first-order valence-electron chi connectivity index (χ1n) is 9.70. The van der Waals surface area contributed by atoms with Crippen LogP contribution in [0, 0.1) is 0 Å². The molecule has 29 heavy (non-hydrogen) atoms.